The molecular weight excluding hydrogens is 502 g/mol. The van der Waals surface area contributed by atoms with Crippen molar-refractivity contribution in [1.82, 2.24) is 15.5 Å². The first-order valence-corrected chi connectivity index (χ1v) is 13.6. The molecule has 0 saturated carbocycles. The normalized spacial score (nSPS) is 12.8. The van der Waals surface area contributed by atoms with Crippen molar-refractivity contribution in [2.24, 2.45) is 0 Å². The average molecular weight is 544 g/mol. The highest BCUT2D eigenvalue weighted by Crippen LogP contribution is 2.28. The number of hydrogen-bond donors (Lipinski definition) is 4. The number of phenols is 1. The maximum Gasteiger partial charge on any atom is 0.408 e. The van der Waals surface area contributed by atoms with Crippen molar-refractivity contribution in [3.63, 3.8) is 0 Å². The fraction of sp³-hybridized carbons (Fsp3) is 0.483. The summed E-state index contributed by atoms with van der Waals surface area (Å²) in [7, 11) is 0. The van der Waals surface area contributed by atoms with Gasteiger partial charge in [-0.25, -0.2) is 4.79 Å². The Balaban J connectivity index is 2.44. The van der Waals surface area contributed by atoms with Crippen LogP contribution >= 0.6 is 12.6 Å². The predicted molar refractivity (Wildman–Crippen MR) is 152 cm³/mol. The molecule has 0 bridgehead atoms. The summed E-state index contributed by atoms with van der Waals surface area (Å²) in [5, 5.41) is 15.7. The second kappa shape index (κ2) is 14.7. The molecule has 8 nitrogen and oxygen atoms in total. The van der Waals surface area contributed by atoms with Gasteiger partial charge in [0.25, 0.3) is 0 Å². The lowest BCUT2D eigenvalue weighted by atomic mass is 9.99. The monoisotopic (exact) mass is 543 g/mol. The number of nitrogens with one attached hydrogen (secondary N) is 2. The number of benzene rings is 2. The molecule has 2 aromatic rings. The average Bonchev–Trinajstić information content (AvgIpc) is 2.86. The molecule has 2 aromatic carbocycles. The molecule has 3 amide bonds. The number of carbonyl (C=O) groups is 3. The zero-order valence-corrected chi connectivity index (χ0v) is 23.9. The molecule has 0 heterocycles. The van der Waals surface area contributed by atoms with E-state index in [-0.39, 0.29) is 24.0 Å². The smallest absolute Gasteiger partial charge is 0.408 e. The molecule has 208 valence electrons. The van der Waals surface area contributed by atoms with E-state index in [2.05, 4.69) is 30.2 Å². The van der Waals surface area contributed by atoms with Gasteiger partial charge in [0, 0.05) is 18.8 Å². The molecule has 38 heavy (non-hydrogen) atoms. The summed E-state index contributed by atoms with van der Waals surface area (Å²) in [5.41, 5.74) is 1.33. The molecular formula is C29H41N3O5S. The number of amides is 3. The number of ether oxygens (including phenoxy) is 1. The largest absolute Gasteiger partial charge is 0.508 e. The van der Waals surface area contributed by atoms with Gasteiger partial charge in [-0.1, -0.05) is 56.2 Å². The SMILES string of the molecule is CCCCCN(C(=O)C(CS)NC(=O)OC(C)(C)C)C(C(=O)NCc1ccccc1)c1ccc(O)c(C)c1. The quantitative estimate of drug-likeness (QED) is 0.225. The summed E-state index contributed by atoms with van der Waals surface area (Å²) in [6, 6.07) is 12.4. The molecule has 0 aromatic heterocycles. The van der Waals surface area contributed by atoms with E-state index in [4.69, 9.17) is 4.74 Å². The topological polar surface area (TPSA) is 108 Å². The zero-order chi connectivity index (χ0) is 28.3. The Labute approximate surface area is 231 Å². The predicted octanol–water partition coefficient (Wildman–Crippen LogP) is 4.90. The number of aromatic hydroxyl groups is 1. The number of carbonyl (C=O) groups excluding carboxylic acids is 3. The van der Waals surface area contributed by atoms with Crippen LogP contribution in [-0.4, -0.2) is 51.9 Å². The van der Waals surface area contributed by atoms with E-state index in [0.717, 1.165) is 18.4 Å². The summed E-state index contributed by atoms with van der Waals surface area (Å²) in [6.07, 6.45) is 1.73. The van der Waals surface area contributed by atoms with Crippen LogP contribution in [0.4, 0.5) is 4.79 Å². The van der Waals surface area contributed by atoms with Crippen LogP contribution in [0.1, 0.15) is 69.7 Å². The van der Waals surface area contributed by atoms with Crippen LogP contribution in [0, 0.1) is 6.92 Å². The van der Waals surface area contributed by atoms with Gasteiger partial charge in [0.15, 0.2) is 0 Å². The molecule has 9 heteroatoms. The Morgan fingerprint density at radius 1 is 1.08 bits per heavy atom. The van der Waals surface area contributed by atoms with Gasteiger partial charge in [0.05, 0.1) is 0 Å². The van der Waals surface area contributed by atoms with E-state index >= 15 is 0 Å². The number of alkyl carbamates (subject to hydrolysis) is 1. The first kappa shape index (κ1) is 31.0. The molecule has 0 aliphatic heterocycles. The Morgan fingerprint density at radius 2 is 1.76 bits per heavy atom. The minimum atomic E-state index is -1.00. The van der Waals surface area contributed by atoms with Gasteiger partial charge in [0.2, 0.25) is 11.8 Å². The molecule has 2 rings (SSSR count). The lowest BCUT2D eigenvalue weighted by molar-refractivity contribution is -0.142. The van der Waals surface area contributed by atoms with Gasteiger partial charge < -0.3 is 25.4 Å². The maximum atomic E-state index is 13.9. The number of rotatable bonds is 12. The summed E-state index contributed by atoms with van der Waals surface area (Å²) in [5.74, 6) is -0.678. The van der Waals surface area contributed by atoms with Gasteiger partial charge in [-0.2, -0.15) is 12.6 Å². The Bertz CT molecular complexity index is 1070. The van der Waals surface area contributed by atoms with Crippen molar-refractivity contribution >= 4 is 30.5 Å². The van der Waals surface area contributed by atoms with Crippen LogP contribution in [-0.2, 0) is 20.9 Å². The summed E-state index contributed by atoms with van der Waals surface area (Å²) < 4.78 is 5.35. The molecule has 2 atom stereocenters. The molecule has 0 fully saturated rings. The zero-order valence-electron chi connectivity index (χ0n) is 23.0. The van der Waals surface area contributed by atoms with Gasteiger partial charge in [-0.05, 0) is 62.9 Å². The van der Waals surface area contributed by atoms with E-state index in [1.807, 2.05) is 30.3 Å². The Hall–Kier alpha value is -3.20. The fourth-order valence-electron chi connectivity index (χ4n) is 3.94. The molecule has 0 aliphatic carbocycles. The summed E-state index contributed by atoms with van der Waals surface area (Å²) in [4.78, 5) is 41.6. The standard InChI is InChI=1S/C29H41N3O5S/c1-6-7-11-16-32(27(35)23(19-38)31-28(36)37-29(3,4)5)25(22-14-15-24(33)20(2)17-22)26(34)30-18-21-12-9-8-10-13-21/h8-10,12-15,17,23,25,33,38H,6-7,11,16,18-19H2,1-5H3,(H,30,34)(H,31,36). The van der Waals surface area contributed by atoms with Crippen molar-refractivity contribution in [3.05, 3.63) is 65.2 Å². The van der Waals surface area contributed by atoms with Crippen LogP contribution < -0.4 is 10.6 Å². The van der Waals surface area contributed by atoms with E-state index in [9.17, 15) is 19.5 Å². The molecule has 0 radical (unpaired) electrons. The number of thiol groups is 1. The van der Waals surface area contributed by atoms with Gasteiger partial charge in [-0.15, -0.1) is 0 Å². The van der Waals surface area contributed by atoms with Gasteiger partial charge in [-0.3, -0.25) is 9.59 Å². The molecule has 0 saturated heterocycles. The molecule has 0 spiro atoms. The van der Waals surface area contributed by atoms with Crippen LogP contribution in [0.3, 0.4) is 0 Å². The summed E-state index contributed by atoms with van der Waals surface area (Å²) in [6.45, 7) is 9.60. The van der Waals surface area contributed by atoms with Crippen molar-refractivity contribution in [3.8, 4) is 5.75 Å². The van der Waals surface area contributed by atoms with E-state index < -0.39 is 29.7 Å². The molecule has 3 N–H and O–H groups in total. The van der Waals surface area contributed by atoms with Crippen LogP contribution in [0.25, 0.3) is 0 Å². The minimum Gasteiger partial charge on any atom is -0.508 e. The third-order valence-corrected chi connectivity index (χ3v) is 6.23. The highest BCUT2D eigenvalue weighted by atomic mass is 32.1. The number of hydrogen-bond acceptors (Lipinski definition) is 6. The van der Waals surface area contributed by atoms with Crippen molar-refractivity contribution in [2.45, 2.75) is 78.1 Å². The highest BCUT2D eigenvalue weighted by Gasteiger charge is 2.35. The first-order valence-electron chi connectivity index (χ1n) is 13.0. The van der Waals surface area contributed by atoms with Crippen molar-refractivity contribution in [2.75, 3.05) is 12.3 Å². The second-order valence-corrected chi connectivity index (χ2v) is 10.6. The first-order chi connectivity index (χ1) is 18.0. The van der Waals surface area contributed by atoms with Crippen molar-refractivity contribution in [1.29, 1.82) is 0 Å². The Kier molecular flexibility index (Phi) is 12.0. The second-order valence-electron chi connectivity index (χ2n) is 10.3. The lowest BCUT2D eigenvalue weighted by Gasteiger charge is -2.34. The maximum absolute atomic E-state index is 13.9. The summed E-state index contributed by atoms with van der Waals surface area (Å²) >= 11 is 4.32. The number of nitrogens with zero attached hydrogens (tertiary/aromatic N) is 1. The number of phenolic OH excluding ortho intramolecular Hbond substituents is 1. The van der Waals surface area contributed by atoms with Crippen LogP contribution in [0.2, 0.25) is 0 Å². The molecule has 0 aliphatic rings. The van der Waals surface area contributed by atoms with E-state index in [1.54, 1.807) is 39.8 Å². The van der Waals surface area contributed by atoms with Crippen LogP contribution in [0.5, 0.6) is 5.75 Å². The highest BCUT2D eigenvalue weighted by molar-refractivity contribution is 7.80. The lowest BCUT2D eigenvalue weighted by Crippen LogP contribution is -2.54. The molecule has 2 unspecified atom stereocenters. The third kappa shape index (κ3) is 9.59. The minimum absolute atomic E-state index is 0.0231. The third-order valence-electron chi connectivity index (χ3n) is 5.86. The van der Waals surface area contributed by atoms with Gasteiger partial charge in [0.1, 0.15) is 23.4 Å². The Morgan fingerprint density at radius 3 is 2.34 bits per heavy atom. The van der Waals surface area contributed by atoms with Crippen molar-refractivity contribution < 1.29 is 24.2 Å². The van der Waals surface area contributed by atoms with Crippen LogP contribution in [0.15, 0.2) is 48.5 Å². The van der Waals surface area contributed by atoms with E-state index in [0.29, 0.717) is 24.1 Å². The van der Waals surface area contributed by atoms with Gasteiger partial charge >= 0.3 is 6.09 Å². The number of unbranched alkanes of at least 4 members (excludes halogenated alkanes) is 2. The number of aryl methyl sites for hydroxylation is 1. The fourth-order valence-corrected chi connectivity index (χ4v) is 4.18. The van der Waals surface area contributed by atoms with E-state index in [1.165, 1.54) is 11.0 Å².